The van der Waals surface area contributed by atoms with Gasteiger partial charge in [0, 0.05) is 29.6 Å². The van der Waals surface area contributed by atoms with E-state index < -0.39 is 5.97 Å². The number of fused-ring (bicyclic) bond motifs is 1. The highest BCUT2D eigenvalue weighted by molar-refractivity contribution is 6.11. The minimum Gasteiger partial charge on any atom is -0.497 e. The van der Waals surface area contributed by atoms with E-state index in [-0.39, 0.29) is 12.4 Å². The molecule has 1 aromatic carbocycles. The molecule has 0 radical (unpaired) electrons. The first kappa shape index (κ1) is 21.1. The minimum absolute atomic E-state index is 0.229. The average Bonchev–Trinajstić information content (AvgIpc) is 3.22. The second kappa shape index (κ2) is 8.93. The highest BCUT2D eigenvalue weighted by Gasteiger charge is 2.23. The molecule has 0 bridgehead atoms. The Morgan fingerprint density at radius 1 is 0.969 bits per heavy atom. The fraction of sp³-hybridized carbons (Fsp3) is 0.160. The number of rotatable bonds is 7. The van der Waals surface area contributed by atoms with E-state index in [1.165, 1.54) is 14.2 Å². The van der Waals surface area contributed by atoms with Crippen LogP contribution in [0.1, 0.15) is 33.3 Å². The Labute approximate surface area is 185 Å². The van der Waals surface area contributed by atoms with Crippen molar-refractivity contribution in [1.82, 2.24) is 9.38 Å². The summed E-state index contributed by atoms with van der Waals surface area (Å²) in [7, 11) is 3.04. The van der Waals surface area contributed by atoms with Gasteiger partial charge in [0.15, 0.2) is 0 Å². The lowest BCUT2D eigenvalue weighted by Gasteiger charge is -2.09. The van der Waals surface area contributed by atoms with Gasteiger partial charge in [0.1, 0.15) is 11.5 Å². The largest absolute Gasteiger partial charge is 0.497 e. The summed E-state index contributed by atoms with van der Waals surface area (Å²) in [6.07, 6.45) is 3.46. The number of esters is 1. The molecule has 0 aliphatic carbocycles. The Morgan fingerprint density at radius 3 is 2.34 bits per heavy atom. The number of carbonyl (C=O) groups excluding carboxylic acids is 2. The summed E-state index contributed by atoms with van der Waals surface area (Å²) in [6.45, 7) is 1.97. The van der Waals surface area contributed by atoms with Crippen molar-refractivity contribution in [2.75, 3.05) is 20.8 Å². The third kappa shape index (κ3) is 3.92. The molecule has 0 atom stereocenters. The van der Waals surface area contributed by atoms with Crippen LogP contribution in [-0.2, 0) is 4.74 Å². The molecule has 3 aromatic heterocycles. The van der Waals surface area contributed by atoms with Gasteiger partial charge in [0.05, 0.1) is 43.3 Å². The Balaban J connectivity index is 1.88. The van der Waals surface area contributed by atoms with Gasteiger partial charge in [-0.15, -0.1) is 0 Å². The fourth-order valence-corrected chi connectivity index (χ4v) is 3.52. The maximum absolute atomic E-state index is 13.4. The lowest BCUT2D eigenvalue weighted by molar-refractivity contribution is 0.0529. The van der Waals surface area contributed by atoms with Crippen LogP contribution in [0.3, 0.4) is 0 Å². The zero-order valence-corrected chi connectivity index (χ0v) is 18.0. The van der Waals surface area contributed by atoms with Gasteiger partial charge in [0.2, 0.25) is 5.78 Å². The van der Waals surface area contributed by atoms with E-state index in [2.05, 4.69) is 4.98 Å². The monoisotopic (exact) mass is 430 g/mol. The fourth-order valence-electron chi connectivity index (χ4n) is 3.52. The lowest BCUT2D eigenvalue weighted by Crippen LogP contribution is -2.06. The Hall–Kier alpha value is -4.13. The number of aromatic nitrogens is 2. The van der Waals surface area contributed by atoms with Gasteiger partial charge in [-0.2, -0.15) is 0 Å². The first-order chi connectivity index (χ1) is 15.5. The van der Waals surface area contributed by atoms with Crippen molar-refractivity contribution in [2.45, 2.75) is 6.92 Å². The molecule has 0 amide bonds. The molecule has 0 spiro atoms. The maximum Gasteiger partial charge on any atom is 0.340 e. The zero-order valence-electron chi connectivity index (χ0n) is 18.0. The van der Waals surface area contributed by atoms with Crippen LogP contribution in [0.5, 0.6) is 11.5 Å². The summed E-state index contributed by atoms with van der Waals surface area (Å²) < 4.78 is 17.5. The molecule has 3 heterocycles. The number of ether oxygens (including phenoxy) is 3. The normalized spacial score (nSPS) is 10.7. The van der Waals surface area contributed by atoms with Gasteiger partial charge in [0.25, 0.3) is 0 Å². The SMILES string of the molecule is CCOC(=O)c1cc(C(=O)c2cc(OC)cc(OC)c2)n2ccc(-c3ccccn3)cc12. The van der Waals surface area contributed by atoms with Crippen LogP contribution < -0.4 is 9.47 Å². The molecular weight excluding hydrogens is 408 g/mol. The van der Waals surface area contributed by atoms with Gasteiger partial charge < -0.3 is 18.6 Å². The summed E-state index contributed by atoms with van der Waals surface area (Å²) in [5.74, 6) is 0.219. The zero-order chi connectivity index (χ0) is 22.7. The molecule has 32 heavy (non-hydrogen) atoms. The van der Waals surface area contributed by atoms with Crippen LogP contribution in [0.4, 0.5) is 0 Å². The number of nitrogens with zero attached hydrogens (tertiary/aromatic N) is 2. The van der Waals surface area contributed by atoms with Crippen molar-refractivity contribution in [3.63, 3.8) is 0 Å². The predicted octanol–water partition coefficient (Wildman–Crippen LogP) is 4.43. The number of ketones is 1. The van der Waals surface area contributed by atoms with Crippen LogP contribution >= 0.6 is 0 Å². The van der Waals surface area contributed by atoms with Crippen LogP contribution in [-0.4, -0.2) is 42.0 Å². The number of hydrogen-bond acceptors (Lipinski definition) is 6. The Kier molecular flexibility index (Phi) is 5.89. The molecule has 0 saturated carbocycles. The van der Waals surface area contributed by atoms with E-state index in [1.807, 2.05) is 30.3 Å². The standard InChI is InChI=1S/C25H22N2O5/c1-4-32-25(29)20-15-23(24(28)17-11-18(30-2)14-19(12-17)31-3)27-10-8-16(13-22(20)27)21-7-5-6-9-26-21/h5-15H,4H2,1-3H3. The lowest BCUT2D eigenvalue weighted by atomic mass is 10.1. The molecule has 0 fully saturated rings. The topological polar surface area (TPSA) is 79.1 Å². The van der Waals surface area contributed by atoms with E-state index in [0.717, 1.165) is 11.3 Å². The first-order valence-electron chi connectivity index (χ1n) is 10.1. The van der Waals surface area contributed by atoms with Crippen molar-refractivity contribution in [3.8, 4) is 22.8 Å². The average molecular weight is 430 g/mol. The van der Waals surface area contributed by atoms with Gasteiger partial charge in [-0.05, 0) is 49.4 Å². The summed E-state index contributed by atoms with van der Waals surface area (Å²) >= 11 is 0. The summed E-state index contributed by atoms with van der Waals surface area (Å²) in [5.41, 5.74) is 3.16. The number of benzene rings is 1. The van der Waals surface area contributed by atoms with E-state index in [1.54, 1.807) is 48.0 Å². The molecule has 7 heteroatoms. The van der Waals surface area contributed by atoms with Crippen molar-refractivity contribution < 1.29 is 23.8 Å². The molecule has 0 unspecified atom stereocenters. The third-order valence-electron chi connectivity index (χ3n) is 5.07. The summed E-state index contributed by atoms with van der Waals surface area (Å²) in [5, 5.41) is 0. The molecule has 0 aliphatic heterocycles. The summed E-state index contributed by atoms with van der Waals surface area (Å²) in [4.78, 5) is 30.5. The number of carbonyl (C=O) groups is 2. The Morgan fingerprint density at radius 2 is 1.72 bits per heavy atom. The molecular formula is C25H22N2O5. The van der Waals surface area contributed by atoms with Crippen LogP contribution in [0.2, 0.25) is 0 Å². The van der Waals surface area contributed by atoms with Crippen LogP contribution in [0.25, 0.3) is 16.8 Å². The van der Waals surface area contributed by atoms with Crippen LogP contribution in [0.15, 0.2) is 67.0 Å². The van der Waals surface area contributed by atoms with Gasteiger partial charge in [-0.1, -0.05) is 6.07 Å². The van der Waals surface area contributed by atoms with Crippen molar-refractivity contribution >= 4 is 17.3 Å². The van der Waals surface area contributed by atoms with Crippen molar-refractivity contribution in [3.05, 3.63) is 83.8 Å². The van der Waals surface area contributed by atoms with E-state index >= 15 is 0 Å². The molecule has 4 aromatic rings. The smallest absolute Gasteiger partial charge is 0.340 e. The highest BCUT2D eigenvalue weighted by Crippen LogP contribution is 2.28. The first-order valence-corrected chi connectivity index (χ1v) is 10.1. The second-order valence-corrected chi connectivity index (χ2v) is 6.98. The number of pyridine rings is 2. The Bertz CT molecular complexity index is 1270. The maximum atomic E-state index is 13.4. The van der Waals surface area contributed by atoms with Gasteiger partial charge in [-0.25, -0.2) is 4.79 Å². The molecule has 0 N–H and O–H groups in total. The van der Waals surface area contributed by atoms with Crippen LogP contribution in [0, 0.1) is 0 Å². The molecule has 7 nitrogen and oxygen atoms in total. The van der Waals surface area contributed by atoms with E-state index in [0.29, 0.717) is 33.8 Å². The van der Waals surface area contributed by atoms with Crippen molar-refractivity contribution in [1.29, 1.82) is 0 Å². The third-order valence-corrected chi connectivity index (χ3v) is 5.07. The second-order valence-electron chi connectivity index (χ2n) is 6.98. The van der Waals surface area contributed by atoms with Gasteiger partial charge in [-0.3, -0.25) is 9.78 Å². The molecule has 0 saturated heterocycles. The number of methoxy groups -OCH3 is 2. The quantitative estimate of drug-likeness (QED) is 0.319. The van der Waals surface area contributed by atoms with E-state index in [9.17, 15) is 9.59 Å². The number of hydrogen-bond donors (Lipinski definition) is 0. The highest BCUT2D eigenvalue weighted by atomic mass is 16.5. The molecule has 4 rings (SSSR count). The molecule has 0 aliphatic rings. The van der Waals surface area contributed by atoms with E-state index in [4.69, 9.17) is 14.2 Å². The van der Waals surface area contributed by atoms with Crippen molar-refractivity contribution in [2.24, 2.45) is 0 Å². The van der Waals surface area contributed by atoms with Gasteiger partial charge >= 0.3 is 5.97 Å². The minimum atomic E-state index is -0.495. The predicted molar refractivity (Wildman–Crippen MR) is 120 cm³/mol. The summed E-state index contributed by atoms with van der Waals surface area (Å²) in [6, 6.07) is 15.8. The molecule has 162 valence electrons.